The highest BCUT2D eigenvalue weighted by atomic mass is 15.5. The summed E-state index contributed by atoms with van der Waals surface area (Å²) >= 11 is 0. The summed E-state index contributed by atoms with van der Waals surface area (Å²) in [6, 6.07) is 14.5. The zero-order valence-corrected chi connectivity index (χ0v) is 8.83. The third-order valence-corrected chi connectivity index (χ3v) is 2.41. The number of nitrogens with one attached hydrogen (secondary N) is 1. The first-order valence-electron chi connectivity index (χ1n) is 5.11. The average Bonchev–Trinajstić information content (AvgIpc) is 2.94. The van der Waals surface area contributed by atoms with Gasteiger partial charge in [0.25, 0.3) is 0 Å². The molecule has 3 aromatic rings. The number of nitrogens with zero attached hydrogens (tertiary/aromatic N) is 4. The highest BCUT2D eigenvalue weighted by Crippen LogP contribution is 2.26. The van der Waals surface area contributed by atoms with Crippen LogP contribution in [0, 0.1) is 6.07 Å². The molecule has 5 heteroatoms. The van der Waals surface area contributed by atoms with Crippen molar-refractivity contribution in [3.63, 3.8) is 0 Å². The van der Waals surface area contributed by atoms with E-state index in [1.54, 1.807) is 6.20 Å². The lowest BCUT2D eigenvalue weighted by Crippen LogP contribution is -1.90. The largest absolute Gasteiger partial charge is 0.252 e. The Hall–Kier alpha value is -2.56. The Labute approximate surface area is 97.5 Å². The Morgan fingerprint density at radius 2 is 2.00 bits per heavy atom. The van der Waals surface area contributed by atoms with Gasteiger partial charge in [-0.25, -0.2) is 5.10 Å². The maximum absolute atomic E-state index is 4.31. The Morgan fingerprint density at radius 1 is 1.12 bits per heavy atom. The number of benzene rings is 1. The van der Waals surface area contributed by atoms with E-state index in [1.165, 1.54) is 0 Å². The Balaban J connectivity index is 2.18. The number of H-pyrrole nitrogens is 1. The molecule has 1 N–H and O–H groups in total. The molecule has 0 unspecified atom stereocenters. The number of hydrogen-bond donors (Lipinski definition) is 1. The number of rotatable bonds is 2. The molecule has 0 atom stereocenters. The van der Waals surface area contributed by atoms with Crippen molar-refractivity contribution in [1.29, 1.82) is 0 Å². The zero-order valence-electron chi connectivity index (χ0n) is 8.83. The van der Waals surface area contributed by atoms with Gasteiger partial charge in [0.05, 0.1) is 0 Å². The van der Waals surface area contributed by atoms with Crippen LogP contribution >= 0.6 is 0 Å². The van der Waals surface area contributed by atoms with Crippen LogP contribution in [0.3, 0.4) is 0 Å². The van der Waals surface area contributed by atoms with Crippen molar-refractivity contribution >= 4 is 0 Å². The zero-order chi connectivity index (χ0) is 11.5. The lowest BCUT2D eigenvalue weighted by molar-refractivity contribution is 0.881. The highest BCUT2D eigenvalue weighted by molar-refractivity contribution is 5.77. The molecule has 81 valence electrons. The molecule has 2 heterocycles. The van der Waals surface area contributed by atoms with Crippen LogP contribution < -0.4 is 0 Å². The predicted molar refractivity (Wildman–Crippen MR) is 61.7 cm³/mol. The summed E-state index contributed by atoms with van der Waals surface area (Å²) in [6.07, 6.45) is 1.72. The van der Waals surface area contributed by atoms with E-state index in [4.69, 9.17) is 0 Å². The molecular formula is C12H8N5. The second-order valence-electron chi connectivity index (χ2n) is 3.44. The molecule has 0 bridgehead atoms. The Bertz CT molecular complexity index is 604. The standard InChI is InChI=1S/C12H8N5/c1-2-5-9(6-3-1)10-7-4-8-13-11(10)12-14-16-17-15-12/h2-8H,(H,14,15,16,17). The minimum absolute atomic E-state index is 0.563. The van der Waals surface area contributed by atoms with E-state index >= 15 is 0 Å². The van der Waals surface area contributed by atoms with Gasteiger partial charge in [-0.2, -0.15) is 0 Å². The van der Waals surface area contributed by atoms with Gasteiger partial charge in [0.2, 0.25) is 0 Å². The van der Waals surface area contributed by atoms with Crippen molar-refractivity contribution in [3.05, 3.63) is 48.7 Å². The number of tetrazole rings is 1. The molecule has 0 saturated carbocycles. The Morgan fingerprint density at radius 3 is 2.76 bits per heavy atom. The maximum Gasteiger partial charge on any atom is 0.198 e. The molecule has 0 aliphatic carbocycles. The highest BCUT2D eigenvalue weighted by Gasteiger charge is 2.10. The summed E-state index contributed by atoms with van der Waals surface area (Å²) in [6.45, 7) is 0. The molecular weight excluding hydrogens is 214 g/mol. The van der Waals surface area contributed by atoms with Gasteiger partial charge in [0.1, 0.15) is 5.69 Å². The Kier molecular flexibility index (Phi) is 2.34. The third-order valence-electron chi connectivity index (χ3n) is 2.41. The van der Waals surface area contributed by atoms with E-state index in [0.717, 1.165) is 16.8 Å². The maximum atomic E-state index is 4.31. The lowest BCUT2D eigenvalue weighted by atomic mass is 10.0. The molecule has 0 saturated heterocycles. The van der Waals surface area contributed by atoms with Crippen molar-refractivity contribution in [1.82, 2.24) is 25.6 Å². The molecule has 2 aromatic heterocycles. The molecule has 17 heavy (non-hydrogen) atoms. The summed E-state index contributed by atoms with van der Waals surface area (Å²) in [5.74, 6) is 0.563. The fourth-order valence-electron chi connectivity index (χ4n) is 1.65. The van der Waals surface area contributed by atoms with Crippen LogP contribution in [0.2, 0.25) is 0 Å². The smallest absolute Gasteiger partial charge is 0.198 e. The van der Waals surface area contributed by atoms with Gasteiger partial charge in [0, 0.05) is 11.8 Å². The lowest BCUT2D eigenvalue weighted by Gasteiger charge is -2.04. The van der Waals surface area contributed by atoms with E-state index < -0.39 is 0 Å². The second kappa shape index (κ2) is 4.13. The van der Waals surface area contributed by atoms with Gasteiger partial charge in [0.15, 0.2) is 5.82 Å². The molecule has 0 aliphatic heterocycles. The second-order valence-corrected chi connectivity index (χ2v) is 3.44. The number of hydrogen-bond acceptors (Lipinski definition) is 4. The van der Waals surface area contributed by atoms with Gasteiger partial charge in [-0.3, -0.25) is 4.98 Å². The minimum atomic E-state index is 0.563. The summed E-state index contributed by atoms with van der Waals surface area (Å²) in [5.41, 5.74) is 2.78. The molecule has 1 radical (unpaired) electrons. The van der Waals surface area contributed by atoms with E-state index in [0.29, 0.717) is 5.82 Å². The van der Waals surface area contributed by atoms with Gasteiger partial charge in [-0.05, 0) is 28.1 Å². The van der Waals surface area contributed by atoms with E-state index in [2.05, 4.69) is 31.7 Å². The minimum Gasteiger partial charge on any atom is -0.252 e. The molecule has 5 nitrogen and oxygen atoms in total. The van der Waals surface area contributed by atoms with Crippen molar-refractivity contribution in [2.45, 2.75) is 0 Å². The van der Waals surface area contributed by atoms with Crippen molar-refractivity contribution < 1.29 is 0 Å². The monoisotopic (exact) mass is 222 g/mol. The van der Waals surface area contributed by atoms with Gasteiger partial charge in [-0.15, -0.1) is 5.10 Å². The number of pyridine rings is 1. The van der Waals surface area contributed by atoms with Crippen LogP contribution in [0.15, 0.2) is 42.6 Å². The van der Waals surface area contributed by atoms with Gasteiger partial charge in [-0.1, -0.05) is 30.3 Å². The fraction of sp³-hybridized carbons (Fsp3) is 0. The van der Waals surface area contributed by atoms with Crippen LogP contribution in [0.25, 0.3) is 22.6 Å². The van der Waals surface area contributed by atoms with Gasteiger partial charge < -0.3 is 0 Å². The van der Waals surface area contributed by atoms with E-state index in [9.17, 15) is 0 Å². The summed E-state index contributed by atoms with van der Waals surface area (Å²) in [4.78, 5) is 4.31. The van der Waals surface area contributed by atoms with Crippen LogP contribution in [0.5, 0.6) is 0 Å². The quantitative estimate of drug-likeness (QED) is 0.717. The van der Waals surface area contributed by atoms with Crippen LogP contribution in [0.1, 0.15) is 0 Å². The van der Waals surface area contributed by atoms with E-state index in [-0.39, 0.29) is 0 Å². The van der Waals surface area contributed by atoms with Crippen molar-refractivity contribution in [3.8, 4) is 22.6 Å². The SMILES string of the molecule is [c]1ccc(-c2cccnc2-c2nnn[nH]2)cc1. The first-order chi connectivity index (χ1) is 8.45. The normalized spacial score (nSPS) is 10.4. The molecule has 0 aliphatic rings. The average molecular weight is 222 g/mol. The molecule has 0 amide bonds. The molecule has 3 rings (SSSR count). The first-order valence-corrected chi connectivity index (χ1v) is 5.11. The fourth-order valence-corrected chi connectivity index (χ4v) is 1.65. The summed E-state index contributed by atoms with van der Waals surface area (Å²) in [7, 11) is 0. The predicted octanol–water partition coefficient (Wildman–Crippen LogP) is 1.73. The van der Waals surface area contributed by atoms with Gasteiger partial charge >= 0.3 is 0 Å². The topological polar surface area (TPSA) is 67.3 Å². The number of aromatic nitrogens is 5. The molecule has 1 aromatic carbocycles. The first kappa shape index (κ1) is 9.65. The van der Waals surface area contributed by atoms with E-state index in [1.807, 2.05) is 36.4 Å². The van der Waals surface area contributed by atoms with Crippen molar-refractivity contribution in [2.75, 3.05) is 0 Å². The number of aromatic amines is 1. The summed E-state index contributed by atoms with van der Waals surface area (Å²) in [5, 5.41) is 13.7. The van der Waals surface area contributed by atoms with Crippen molar-refractivity contribution in [2.24, 2.45) is 0 Å². The molecule has 0 spiro atoms. The van der Waals surface area contributed by atoms with Crippen LogP contribution in [-0.4, -0.2) is 25.6 Å². The van der Waals surface area contributed by atoms with Crippen LogP contribution in [0.4, 0.5) is 0 Å². The molecule has 0 fully saturated rings. The third kappa shape index (κ3) is 1.78. The summed E-state index contributed by atoms with van der Waals surface area (Å²) < 4.78 is 0. The van der Waals surface area contributed by atoms with Crippen LogP contribution in [-0.2, 0) is 0 Å².